The van der Waals surface area contributed by atoms with Crippen molar-refractivity contribution in [2.75, 3.05) is 17.0 Å². The van der Waals surface area contributed by atoms with Crippen LogP contribution in [-0.4, -0.2) is 20.7 Å². The summed E-state index contributed by atoms with van der Waals surface area (Å²) in [6, 6.07) is 2.68. The summed E-state index contributed by atoms with van der Waals surface area (Å²) in [6.45, 7) is 1.95. The fourth-order valence-corrected chi connectivity index (χ4v) is 2.80. The molecular formula is C10H14BrFN2O2S. The van der Waals surface area contributed by atoms with E-state index in [1.807, 2.05) is 0 Å². The van der Waals surface area contributed by atoms with Crippen LogP contribution in [0.5, 0.6) is 0 Å². The SMILES string of the molecule is Cc1cc(F)c(Br)cc1NS(=O)(=O)CCCN. The standard InChI is InChI=1S/C10H14BrFN2O2S/c1-7-5-9(12)8(11)6-10(7)14-17(15,16)4-2-3-13/h5-6,14H,2-4,13H2,1H3. The van der Waals surface area contributed by atoms with Crippen molar-refractivity contribution in [2.45, 2.75) is 13.3 Å². The molecule has 0 aliphatic carbocycles. The van der Waals surface area contributed by atoms with Gasteiger partial charge in [0.05, 0.1) is 15.9 Å². The maximum absolute atomic E-state index is 13.2. The molecule has 1 aromatic rings. The smallest absolute Gasteiger partial charge is 0.232 e. The van der Waals surface area contributed by atoms with E-state index in [0.29, 0.717) is 24.2 Å². The first-order chi connectivity index (χ1) is 7.85. The van der Waals surface area contributed by atoms with E-state index in [4.69, 9.17) is 5.73 Å². The van der Waals surface area contributed by atoms with Crippen LogP contribution in [0.2, 0.25) is 0 Å². The molecule has 7 heteroatoms. The van der Waals surface area contributed by atoms with E-state index in [9.17, 15) is 12.8 Å². The summed E-state index contributed by atoms with van der Waals surface area (Å²) in [6.07, 6.45) is 0.386. The van der Waals surface area contributed by atoms with Crippen LogP contribution in [0.25, 0.3) is 0 Å². The van der Waals surface area contributed by atoms with Crippen LogP contribution < -0.4 is 10.5 Å². The number of nitrogens with one attached hydrogen (secondary N) is 1. The third-order valence-electron chi connectivity index (χ3n) is 2.15. The number of anilines is 1. The topological polar surface area (TPSA) is 72.2 Å². The molecule has 17 heavy (non-hydrogen) atoms. The second-order valence-corrected chi connectivity index (χ2v) is 6.34. The van der Waals surface area contributed by atoms with Crippen LogP contribution in [0.3, 0.4) is 0 Å². The van der Waals surface area contributed by atoms with E-state index in [1.165, 1.54) is 12.1 Å². The summed E-state index contributed by atoms with van der Waals surface area (Å²) in [5.41, 5.74) is 6.15. The maximum atomic E-state index is 13.2. The highest BCUT2D eigenvalue weighted by atomic mass is 79.9. The normalized spacial score (nSPS) is 11.5. The molecule has 4 nitrogen and oxygen atoms in total. The number of rotatable bonds is 5. The Morgan fingerprint density at radius 1 is 1.47 bits per heavy atom. The lowest BCUT2D eigenvalue weighted by Gasteiger charge is -2.11. The van der Waals surface area contributed by atoms with E-state index >= 15 is 0 Å². The summed E-state index contributed by atoms with van der Waals surface area (Å²) in [5.74, 6) is -0.467. The summed E-state index contributed by atoms with van der Waals surface area (Å²) < 4.78 is 39.0. The number of hydrogen-bond acceptors (Lipinski definition) is 3. The number of hydrogen-bond donors (Lipinski definition) is 2. The molecule has 1 aromatic carbocycles. The van der Waals surface area contributed by atoms with Gasteiger partial charge in [-0.3, -0.25) is 4.72 Å². The van der Waals surface area contributed by atoms with E-state index in [-0.39, 0.29) is 10.2 Å². The number of nitrogens with two attached hydrogens (primary N) is 1. The molecule has 0 radical (unpaired) electrons. The largest absolute Gasteiger partial charge is 0.330 e. The molecular weight excluding hydrogens is 311 g/mol. The predicted molar refractivity (Wildman–Crippen MR) is 69.9 cm³/mol. The van der Waals surface area contributed by atoms with Gasteiger partial charge in [0.1, 0.15) is 5.82 Å². The van der Waals surface area contributed by atoms with Crippen molar-refractivity contribution in [3.05, 3.63) is 28.0 Å². The first-order valence-corrected chi connectivity index (χ1v) is 7.46. The third kappa shape index (κ3) is 4.25. The predicted octanol–water partition coefficient (Wildman–Crippen LogP) is 1.99. The molecule has 96 valence electrons. The second kappa shape index (κ2) is 5.79. The van der Waals surface area contributed by atoms with Gasteiger partial charge in [-0.1, -0.05) is 0 Å². The molecule has 0 heterocycles. The molecule has 0 spiro atoms. The summed E-state index contributed by atoms with van der Waals surface area (Å²) >= 11 is 3.01. The molecule has 0 saturated heterocycles. The summed E-state index contributed by atoms with van der Waals surface area (Å²) in [5, 5.41) is 0. The Kier molecular flexibility index (Phi) is 4.91. The Morgan fingerprint density at radius 2 is 2.12 bits per heavy atom. The van der Waals surface area contributed by atoms with Gasteiger partial charge in [-0.15, -0.1) is 0 Å². The molecule has 0 atom stereocenters. The zero-order valence-corrected chi connectivity index (χ0v) is 11.7. The lowest BCUT2D eigenvalue weighted by Crippen LogP contribution is -2.19. The average Bonchev–Trinajstić information content (AvgIpc) is 2.23. The zero-order chi connectivity index (χ0) is 13.1. The van der Waals surface area contributed by atoms with Gasteiger partial charge >= 0.3 is 0 Å². The molecule has 1 rings (SSSR count). The Hall–Kier alpha value is -0.660. The molecule has 3 N–H and O–H groups in total. The molecule has 0 saturated carbocycles. The van der Waals surface area contributed by atoms with Crippen molar-refractivity contribution in [3.8, 4) is 0 Å². The number of benzene rings is 1. The van der Waals surface area contributed by atoms with Crippen molar-refractivity contribution in [3.63, 3.8) is 0 Å². The third-order valence-corrected chi connectivity index (χ3v) is 4.11. The van der Waals surface area contributed by atoms with E-state index in [2.05, 4.69) is 20.7 Å². The molecule has 0 aromatic heterocycles. The minimum absolute atomic E-state index is 0.0437. The van der Waals surface area contributed by atoms with Crippen molar-refractivity contribution >= 4 is 31.6 Å². The van der Waals surface area contributed by atoms with Gasteiger partial charge in [0, 0.05) is 0 Å². The van der Waals surface area contributed by atoms with E-state index in [1.54, 1.807) is 6.92 Å². The van der Waals surface area contributed by atoms with Crippen molar-refractivity contribution in [1.82, 2.24) is 0 Å². The lowest BCUT2D eigenvalue weighted by molar-refractivity contribution is 0.598. The molecule has 0 aliphatic rings. The molecule has 0 bridgehead atoms. The Bertz CT molecular complexity index is 505. The Morgan fingerprint density at radius 3 is 2.71 bits per heavy atom. The highest BCUT2D eigenvalue weighted by Gasteiger charge is 2.13. The Labute approximate surface area is 109 Å². The van der Waals surface area contributed by atoms with Gasteiger partial charge in [0.25, 0.3) is 0 Å². The van der Waals surface area contributed by atoms with Crippen LogP contribution in [0.4, 0.5) is 10.1 Å². The summed E-state index contributed by atoms with van der Waals surface area (Å²) in [4.78, 5) is 0. The van der Waals surface area contributed by atoms with Gasteiger partial charge in [0.15, 0.2) is 0 Å². The van der Waals surface area contributed by atoms with Crippen LogP contribution >= 0.6 is 15.9 Å². The average molecular weight is 325 g/mol. The van der Waals surface area contributed by atoms with E-state index < -0.39 is 15.8 Å². The first kappa shape index (κ1) is 14.4. The zero-order valence-electron chi connectivity index (χ0n) is 9.33. The molecule has 0 amide bonds. The molecule has 0 aliphatic heterocycles. The van der Waals surface area contributed by atoms with Crippen LogP contribution in [0.15, 0.2) is 16.6 Å². The first-order valence-electron chi connectivity index (χ1n) is 5.02. The van der Waals surface area contributed by atoms with Crippen molar-refractivity contribution < 1.29 is 12.8 Å². The van der Waals surface area contributed by atoms with Crippen LogP contribution in [0, 0.1) is 12.7 Å². The number of aryl methyl sites for hydroxylation is 1. The monoisotopic (exact) mass is 324 g/mol. The number of sulfonamides is 1. The Balaban J connectivity index is 2.92. The second-order valence-electron chi connectivity index (χ2n) is 3.64. The van der Waals surface area contributed by atoms with Crippen molar-refractivity contribution in [2.24, 2.45) is 5.73 Å². The maximum Gasteiger partial charge on any atom is 0.232 e. The minimum atomic E-state index is -3.42. The molecule has 0 unspecified atom stereocenters. The van der Waals surface area contributed by atoms with Gasteiger partial charge in [-0.25, -0.2) is 12.8 Å². The van der Waals surface area contributed by atoms with Crippen LogP contribution in [-0.2, 0) is 10.0 Å². The van der Waals surface area contributed by atoms with Gasteiger partial charge < -0.3 is 5.73 Å². The van der Waals surface area contributed by atoms with Gasteiger partial charge in [0.2, 0.25) is 10.0 Å². The minimum Gasteiger partial charge on any atom is -0.330 e. The quantitative estimate of drug-likeness (QED) is 0.870. The fourth-order valence-electron chi connectivity index (χ4n) is 1.25. The van der Waals surface area contributed by atoms with Crippen molar-refractivity contribution in [1.29, 1.82) is 0 Å². The van der Waals surface area contributed by atoms with Crippen LogP contribution in [0.1, 0.15) is 12.0 Å². The summed E-state index contributed by atoms with van der Waals surface area (Å²) in [7, 11) is -3.42. The highest BCUT2D eigenvalue weighted by Crippen LogP contribution is 2.25. The fraction of sp³-hybridized carbons (Fsp3) is 0.400. The van der Waals surface area contributed by atoms with Gasteiger partial charge in [-0.2, -0.15) is 0 Å². The number of halogens is 2. The lowest BCUT2D eigenvalue weighted by atomic mass is 10.2. The molecule has 0 fully saturated rings. The van der Waals surface area contributed by atoms with E-state index in [0.717, 1.165) is 0 Å². The van der Waals surface area contributed by atoms with Gasteiger partial charge in [-0.05, 0) is 53.5 Å². The highest BCUT2D eigenvalue weighted by molar-refractivity contribution is 9.10.